The summed E-state index contributed by atoms with van der Waals surface area (Å²) in [5.41, 5.74) is 8.97. The van der Waals surface area contributed by atoms with E-state index in [1.54, 1.807) is 0 Å². The highest BCUT2D eigenvalue weighted by Crippen LogP contribution is 2.26. The van der Waals surface area contributed by atoms with Gasteiger partial charge in [-0.3, -0.25) is 4.90 Å². The number of benzene rings is 1. The lowest BCUT2D eigenvalue weighted by Gasteiger charge is -2.35. The van der Waals surface area contributed by atoms with Gasteiger partial charge in [0.15, 0.2) is 0 Å². The van der Waals surface area contributed by atoms with E-state index in [1.807, 2.05) is 13.8 Å². The average Bonchev–Trinajstić information content (AvgIpc) is 2.38. The number of nitrogens with two attached hydrogens (primary N) is 1. The van der Waals surface area contributed by atoms with Crippen molar-refractivity contribution in [1.82, 2.24) is 4.90 Å². The van der Waals surface area contributed by atoms with E-state index in [0.29, 0.717) is 11.8 Å². The van der Waals surface area contributed by atoms with Crippen molar-refractivity contribution >= 4 is 0 Å². The number of piperidine rings is 1. The molecule has 1 saturated heterocycles. The first-order valence-electron chi connectivity index (χ1n) is 7.35. The fourth-order valence-corrected chi connectivity index (χ4v) is 3.16. The molecular weight excluding hydrogens is 236 g/mol. The topological polar surface area (TPSA) is 49.5 Å². The molecule has 0 saturated carbocycles. The zero-order chi connectivity index (χ0) is 13.8. The molecule has 0 amide bonds. The lowest BCUT2D eigenvalue weighted by molar-refractivity contribution is 0.134. The lowest BCUT2D eigenvalue weighted by atomic mass is 9.97. The van der Waals surface area contributed by atoms with E-state index in [0.717, 1.165) is 30.6 Å². The van der Waals surface area contributed by atoms with E-state index in [1.165, 1.54) is 31.4 Å². The predicted molar refractivity (Wildman–Crippen MR) is 79.3 cm³/mol. The minimum absolute atomic E-state index is 0.431. The zero-order valence-electron chi connectivity index (χ0n) is 12.2. The maximum Gasteiger partial charge on any atom is 0.121 e. The van der Waals surface area contributed by atoms with Crippen molar-refractivity contribution < 1.29 is 5.11 Å². The third-order valence-electron chi connectivity index (χ3n) is 4.19. The highest BCUT2D eigenvalue weighted by atomic mass is 16.3. The molecule has 1 aromatic carbocycles. The van der Waals surface area contributed by atoms with Gasteiger partial charge in [0.05, 0.1) is 0 Å². The van der Waals surface area contributed by atoms with Gasteiger partial charge in [0, 0.05) is 12.6 Å². The van der Waals surface area contributed by atoms with Gasteiger partial charge < -0.3 is 10.8 Å². The second-order valence-electron chi connectivity index (χ2n) is 5.78. The van der Waals surface area contributed by atoms with Crippen LogP contribution in [0, 0.1) is 13.8 Å². The number of rotatable bonds is 4. The monoisotopic (exact) mass is 262 g/mol. The number of nitrogens with zero attached hydrogens (tertiary/aromatic N) is 1. The molecule has 3 nitrogen and oxygen atoms in total. The largest absolute Gasteiger partial charge is 0.507 e. The Morgan fingerprint density at radius 3 is 2.58 bits per heavy atom. The Morgan fingerprint density at radius 2 is 1.95 bits per heavy atom. The molecule has 2 rings (SSSR count). The van der Waals surface area contributed by atoms with Crippen molar-refractivity contribution in [3.8, 4) is 5.75 Å². The Balaban J connectivity index is 2.10. The molecule has 106 valence electrons. The number of phenols is 1. The van der Waals surface area contributed by atoms with Gasteiger partial charge in [-0.05, 0) is 62.9 Å². The number of phenolic OH excluding ortho intramolecular Hbond substituents is 1. The summed E-state index contributed by atoms with van der Waals surface area (Å²) in [5.74, 6) is 0.431. The molecule has 0 spiro atoms. The van der Waals surface area contributed by atoms with E-state index in [9.17, 15) is 5.11 Å². The summed E-state index contributed by atoms with van der Waals surface area (Å²) in [5, 5.41) is 9.84. The quantitative estimate of drug-likeness (QED) is 0.877. The maximum atomic E-state index is 9.84. The van der Waals surface area contributed by atoms with Gasteiger partial charge in [0.25, 0.3) is 0 Å². The Hall–Kier alpha value is -1.06. The summed E-state index contributed by atoms with van der Waals surface area (Å²) in [6, 6.07) is 4.85. The molecule has 1 aliphatic heterocycles. The molecular formula is C16H26N2O. The summed E-state index contributed by atoms with van der Waals surface area (Å²) >= 11 is 0. The van der Waals surface area contributed by atoms with E-state index >= 15 is 0 Å². The van der Waals surface area contributed by atoms with Crippen LogP contribution < -0.4 is 5.73 Å². The third-order valence-corrected chi connectivity index (χ3v) is 4.19. The Kier molecular flexibility index (Phi) is 4.83. The lowest BCUT2D eigenvalue weighted by Crippen LogP contribution is -2.40. The summed E-state index contributed by atoms with van der Waals surface area (Å²) < 4.78 is 0. The molecule has 1 aliphatic rings. The van der Waals surface area contributed by atoms with Crippen molar-refractivity contribution in [3.05, 3.63) is 28.8 Å². The van der Waals surface area contributed by atoms with Gasteiger partial charge in [-0.15, -0.1) is 0 Å². The minimum atomic E-state index is 0.431. The molecule has 0 radical (unpaired) electrons. The molecule has 0 bridgehead atoms. The first kappa shape index (κ1) is 14.4. The zero-order valence-corrected chi connectivity index (χ0v) is 12.2. The fourth-order valence-electron chi connectivity index (χ4n) is 3.16. The van der Waals surface area contributed by atoms with Crippen molar-refractivity contribution in [2.45, 2.75) is 52.1 Å². The van der Waals surface area contributed by atoms with Crippen molar-refractivity contribution in [3.63, 3.8) is 0 Å². The number of hydrogen-bond acceptors (Lipinski definition) is 3. The van der Waals surface area contributed by atoms with Gasteiger partial charge in [-0.1, -0.05) is 18.6 Å². The first-order valence-corrected chi connectivity index (χ1v) is 7.35. The summed E-state index contributed by atoms with van der Waals surface area (Å²) in [6.07, 6.45) is 4.98. The molecule has 1 fully saturated rings. The summed E-state index contributed by atoms with van der Waals surface area (Å²) in [7, 11) is 0. The van der Waals surface area contributed by atoms with Crippen molar-refractivity contribution in [2.75, 3.05) is 13.1 Å². The molecule has 1 aromatic rings. The fraction of sp³-hybridized carbons (Fsp3) is 0.625. The van der Waals surface area contributed by atoms with Gasteiger partial charge in [0.1, 0.15) is 5.75 Å². The molecule has 1 heterocycles. The van der Waals surface area contributed by atoms with Crippen LogP contribution in [0.1, 0.15) is 42.4 Å². The average molecular weight is 262 g/mol. The van der Waals surface area contributed by atoms with E-state index in [-0.39, 0.29) is 0 Å². The molecule has 3 N–H and O–H groups in total. The Morgan fingerprint density at radius 1 is 1.26 bits per heavy atom. The highest BCUT2D eigenvalue weighted by molar-refractivity contribution is 5.42. The van der Waals surface area contributed by atoms with Crippen LogP contribution >= 0.6 is 0 Å². The van der Waals surface area contributed by atoms with E-state index in [4.69, 9.17) is 5.73 Å². The van der Waals surface area contributed by atoms with Crippen LogP contribution in [0.5, 0.6) is 5.75 Å². The van der Waals surface area contributed by atoms with Gasteiger partial charge in [-0.2, -0.15) is 0 Å². The molecule has 1 unspecified atom stereocenters. The van der Waals surface area contributed by atoms with Crippen LogP contribution in [0.4, 0.5) is 0 Å². The van der Waals surface area contributed by atoms with E-state index < -0.39 is 0 Å². The number of hydrogen-bond donors (Lipinski definition) is 2. The SMILES string of the molecule is Cc1cc(CN2CCCCC2CCN)cc(C)c1O. The molecule has 1 atom stereocenters. The van der Waals surface area contributed by atoms with Crippen LogP contribution in [-0.4, -0.2) is 29.1 Å². The number of likely N-dealkylation sites (tertiary alicyclic amines) is 1. The standard InChI is InChI=1S/C16H26N2O/c1-12-9-14(10-13(2)16(12)19)11-18-8-4-3-5-15(18)6-7-17/h9-10,15,19H,3-8,11,17H2,1-2H3. The van der Waals surface area contributed by atoms with Crippen LogP contribution in [0.3, 0.4) is 0 Å². The van der Waals surface area contributed by atoms with Gasteiger partial charge in [0.2, 0.25) is 0 Å². The molecule has 3 heteroatoms. The molecule has 0 aromatic heterocycles. The van der Waals surface area contributed by atoms with Crippen LogP contribution in [0.25, 0.3) is 0 Å². The number of aromatic hydroxyl groups is 1. The van der Waals surface area contributed by atoms with Crippen molar-refractivity contribution in [2.24, 2.45) is 5.73 Å². The maximum absolute atomic E-state index is 9.84. The van der Waals surface area contributed by atoms with E-state index in [2.05, 4.69) is 17.0 Å². The Bertz CT molecular complexity index is 406. The number of aryl methyl sites for hydroxylation is 2. The van der Waals surface area contributed by atoms with Gasteiger partial charge >= 0.3 is 0 Å². The first-order chi connectivity index (χ1) is 9.11. The summed E-state index contributed by atoms with van der Waals surface area (Å²) in [6.45, 7) is 6.86. The predicted octanol–water partition coefficient (Wildman–Crippen LogP) is 2.71. The smallest absolute Gasteiger partial charge is 0.121 e. The third kappa shape index (κ3) is 3.48. The second kappa shape index (κ2) is 6.40. The van der Waals surface area contributed by atoms with Crippen LogP contribution in [0.15, 0.2) is 12.1 Å². The second-order valence-corrected chi connectivity index (χ2v) is 5.78. The van der Waals surface area contributed by atoms with Crippen molar-refractivity contribution in [1.29, 1.82) is 0 Å². The molecule has 19 heavy (non-hydrogen) atoms. The Labute approximate surface area is 116 Å². The van der Waals surface area contributed by atoms with Crippen LogP contribution in [0.2, 0.25) is 0 Å². The molecule has 0 aliphatic carbocycles. The minimum Gasteiger partial charge on any atom is -0.507 e. The van der Waals surface area contributed by atoms with Crippen LogP contribution in [-0.2, 0) is 6.54 Å². The van der Waals surface area contributed by atoms with Gasteiger partial charge in [-0.25, -0.2) is 0 Å². The highest BCUT2D eigenvalue weighted by Gasteiger charge is 2.21. The summed E-state index contributed by atoms with van der Waals surface area (Å²) in [4.78, 5) is 2.56. The normalized spacial score (nSPS) is 20.7.